The second-order valence-electron chi connectivity index (χ2n) is 6.60. The number of benzene rings is 2. The van der Waals surface area contributed by atoms with Crippen molar-refractivity contribution < 1.29 is 17.7 Å². The van der Waals surface area contributed by atoms with Gasteiger partial charge in [-0.25, -0.2) is 8.42 Å². The minimum absolute atomic E-state index is 0.147. The molecular weight excluding hydrogens is 414 g/mol. The molecule has 150 valence electrons. The topological polar surface area (TPSA) is 83.7 Å². The van der Waals surface area contributed by atoms with E-state index in [-0.39, 0.29) is 42.7 Å². The average molecular weight is 432 g/mol. The van der Waals surface area contributed by atoms with Gasteiger partial charge in [0.2, 0.25) is 10.0 Å². The van der Waals surface area contributed by atoms with E-state index in [4.69, 9.17) is 16.1 Å². The van der Waals surface area contributed by atoms with E-state index < -0.39 is 10.0 Å². The van der Waals surface area contributed by atoms with Gasteiger partial charge in [-0.15, -0.1) is 0 Å². The fourth-order valence-electron chi connectivity index (χ4n) is 3.18. The maximum absolute atomic E-state index is 12.8. The van der Waals surface area contributed by atoms with Gasteiger partial charge in [-0.05, 0) is 18.2 Å². The molecule has 7 nitrogen and oxygen atoms in total. The molecule has 0 unspecified atom stereocenters. The van der Waals surface area contributed by atoms with Crippen LogP contribution in [0.2, 0.25) is 5.02 Å². The highest BCUT2D eigenvalue weighted by Crippen LogP contribution is 2.23. The molecule has 0 N–H and O–H groups in total. The molecule has 1 aliphatic heterocycles. The lowest BCUT2D eigenvalue weighted by Gasteiger charge is -2.33. The second kappa shape index (κ2) is 7.98. The van der Waals surface area contributed by atoms with Crippen molar-refractivity contribution in [1.29, 1.82) is 0 Å². The number of sulfonamides is 1. The molecule has 0 saturated carbocycles. The number of hydrogen-bond donors (Lipinski definition) is 0. The summed E-state index contributed by atoms with van der Waals surface area (Å²) in [6.45, 7) is 0.937. The summed E-state index contributed by atoms with van der Waals surface area (Å²) in [5.41, 5.74) is 1.03. The Morgan fingerprint density at radius 2 is 1.69 bits per heavy atom. The number of carbonyl (C=O) groups is 1. The monoisotopic (exact) mass is 431 g/mol. The molecular formula is C20H18ClN3O4S. The number of aromatic nitrogens is 1. The van der Waals surface area contributed by atoms with E-state index in [1.807, 2.05) is 30.3 Å². The molecule has 4 rings (SSSR count). The van der Waals surface area contributed by atoms with Crippen LogP contribution in [0.15, 0.2) is 70.1 Å². The molecule has 2 aromatic carbocycles. The summed E-state index contributed by atoms with van der Waals surface area (Å²) < 4.78 is 32.2. The Kier molecular flexibility index (Phi) is 5.40. The summed E-state index contributed by atoms with van der Waals surface area (Å²) in [4.78, 5) is 14.5. The molecule has 1 amide bonds. The van der Waals surface area contributed by atoms with E-state index in [2.05, 4.69) is 5.16 Å². The molecule has 3 aromatic rings. The van der Waals surface area contributed by atoms with Gasteiger partial charge in [0, 0.05) is 42.8 Å². The van der Waals surface area contributed by atoms with Crippen molar-refractivity contribution in [2.75, 3.05) is 26.2 Å². The van der Waals surface area contributed by atoms with Crippen molar-refractivity contribution in [1.82, 2.24) is 14.4 Å². The maximum atomic E-state index is 12.8. The van der Waals surface area contributed by atoms with Crippen molar-refractivity contribution in [2.45, 2.75) is 4.90 Å². The summed E-state index contributed by atoms with van der Waals surface area (Å²) in [5, 5.41) is 4.24. The third kappa shape index (κ3) is 4.05. The standard InChI is InChI=1S/C20H18ClN3O4S/c21-16-7-4-8-17(13-16)29(26,27)24-11-9-23(10-12-24)20(25)18-14-19(28-22-18)15-5-2-1-3-6-15/h1-8,13-14H,9-12H2. The fraction of sp³-hybridized carbons (Fsp3) is 0.200. The summed E-state index contributed by atoms with van der Waals surface area (Å²) in [6, 6.07) is 17.1. The molecule has 0 spiro atoms. The van der Waals surface area contributed by atoms with Gasteiger partial charge >= 0.3 is 0 Å². The lowest BCUT2D eigenvalue weighted by Crippen LogP contribution is -2.50. The maximum Gasteiger partial charge on any atom is 0.276 e. The van der Waals surface area contributed by atoms with Crippen LogP contribution in [-0.2, 0) is 10.0 Å². The Labute approximate surface area is 173 Å². The van der Waals surface area contributed by atoms with Crippen LogP contribution in [0.25, 0.3) is 11.3 Å². The van der Waals surface area contributed by atoms with Crippen LogP contribution in [0.4, 0.5) is 0 Å². The first kappa shape index (κ1) is 19.6. The van der Waals surface area contributed by atoms with Gasteiger partial charge in [-0.2, -0.15) is 4.31 Å². The Morgan fingerprint density at radius 3 is 2.38 bits per heavy atom. The van der Waals surface area contributed by atoms with Crippen LogP contribution >= 0.6 is 11.6 Å². The van der Waals surface area contributed by atoms with Gasteiger partial charge in [0.25, 0.3) is 5.91 Å². The Bertz CT molecular complexity index is 1120. The molecule has 1 aromatic heterocycles. The molecule has 29 heavy (non-hydrogen) atoms. The van der Waals surface area contributed by atoms with Gasteiger partial charge in [0.05, 0.1) is 4.90 Å². The molecule has 0 radical (unpaired) electrons. The lowest BCUT2D eigenvalue weighted by molar-refractivity contribution is 0.0687. The fourth-order valence-corrected chi connectivity index (χ4v) is 4.91. The normalized spacial score (nSPS) is 15.4. The van der Waals surface area contributed by atoms with E-state index >= 15 is 0 Å². The minimum Gasteiger partial charge on any atom is -0.355 e. The number of piperazine rings is 1. The molecule has 2 heterocycles. The van der Waals surface area contributed by atoms with Crippen LogP contribution in [-0.4, -0.2) is 54.9 Å². The van der Waals surface area contributed by atoms with E-state index in [1.54, 1.807) is 23.1 Å². The van der Waals surface area contributed by atoms with Crippen molar-refractivity contribution in [2.24, 2.45) is 0 Å². The first-order valence-electron chi connectivity index (χ1n) is 9.02. The summed E-state index contributed by atoms with van der Waals surface area (Å²) in [5.74, 6) is 0.229. The zero-order chi connectivity index (χ0) is 20.4. The highest BCUT2D eigenvalue weighted by molar-refractivity contribution is 7.89. The van der Waals surface area contributed by atoms with Crippen LogP contribution in [0.3, 0.4) is 0 Å². The molecule has 1 aliphatic rings. The predicted molar refractivity (Wildman–Crippen MR) is 108 cm³/mol. The number of nitrogens with zero attached hydrogens (tertiary/aromatic N) is 3. The van der Waals surface area contributed by atoms with Crippen molar-refractivity contribution >= 4 is 27.5 Å². The number of rotatable bonds is 4. The highest BCUT2D eigenvalue weighted by Gasteiger charge is 2.31. The number of carbonyl (C=O) groups excluding carboxylic acids is 1. The smallest absolute Gasteiger partial charge is 0.276 e. The molecule has 1 saturated heterocycles. The Balaban J connectivity index is 1.43. The largest absolute Gasteiger partial charge is 0.355 e. The van der Waals surface area contributed by atoms with Gasteiger partial charge in [0.1, 0.15) is 0 Å². The Hall–Kier alpha value is -2.68. The van der Waals surface area contributed by atoms with Crippen LogP contribution in [0, 0.1) is 0 Å². The summed E-state index contributed by atoms with van der Waals surface area (Å²) in [6.07, 6.45) is 0. The number of amides is 1. The zero-order valence-electron chi connectivity index (χ0n) is 15.4. The summed E-state index contributed by atoms with van der Waals surface area (Å²) >= 11 is 5.92. The molecule has 0 bridgehead atoms. The quantitative estimate of drug-likeness (QED) is 0.633. The van der Waals surface area contributed by atoms with E-state index in [9.17, 15) is 13.2 Å². The highest BCUT2D eigenvalue weighted by atomic mass is 35.5. The third-order valence-electron chi connectivity index (χ3n) is 4.75. The van der Waals surface area contributed by atoms with Crippen LogP contribution in [0.5, 0.6) is 0 Å². The molecule has 0 aliphatic carbocycles. The van der Waals surface area contributed by atoms with Crippen molar-refractivity contribution in [3.63, 3.8) is 0 Å². The van der Waals surface area contributed by atoms with Gasteiger partial charge in [-0.1, -0.05) is 53.2 Å². The Morgan fingerprint density at radius 1 is 0.966 bits per heavy atom. The first-order valence-corrected chi connectivity index (χ1v) is 10.8. The van der Waals surface area contributed by atoms with Crippen LogP contribution in [0.1, 0.15) is 10.5 Å². The summed E-state index contributed by atoms with van der Waals surface area (Å²) in [7, 11) is -3.65. The van der Waals surface area contributed by atoms with Crippen molar-refractivity contribution in [3.05, 3.63) is 71.4 Å². The van der Waals surface area contributed by atoms with Crippen LogP contribution < -0.4 is 0 Å². The molecule has 1 fully saturated rings. The average Bonchev–Trinajstić information content (AvgIpc) is 3.24. The SMILES string of the molecule is O=C(c1cc(-c2ccccc2)on1)N1CCN(S(=O)(=O)c2cccc(Cl)c2)CC1. The predicted octanol–water partition coefficient (Wildman–Crippen LogP) is 3.14. The first-order chi connectivity index (χ1) is 13.9. The van der Waals surface area contributed by atoms with Gasteiger partial charge in [-0.3, -0.25) is 4.79 Å². The van der Waals surface area contributed by atoms with Crippen molar-refractivity contribution in [3.8, 4) is 11.3 Å². The lowest BCUT2D eigenvalue weighted by atomic mass is 10.1. The number of halogens is 1. The zero-order valence-corrected chi connectivity index (χ0v) is 16.9. The third-order valence-corrected chi connectivity index (χ3v) is 6.88. The molecule has 0 atom stereocenters. The van der Waals surface area contributed by atoms with E-state index in [0.717, 1.165) is 5.56 Å². The second-order valence-corrected chi connectivity index (χ2v) is 8.97. The van der Waals surface area contributed by atoms with Gasteiger partial charge in [0.15, 0.2) is 11.5 Å². The minimum atomic E-state index is -3.65. The van der Waals surface area contributed by atoms with Gasteiger partial charge < -0.3 is 9.42 Å². The van der Waals surface area contributed by atoms with E-state index in [0.29, 0.717) is 10.8 Å². The van der Waals surface area contributed by atoms with E-state index in [1.165, 1.54) is 16.4 Å². The number of hydrogen-bond acceptors (Lipinski definition) is 5. The molecule has 9 heteroatoms.